The number of nitrogens with one attached hydrogen (secondary N) is 1. The third-order valence-electron chi connectivity index (χ3n) is 3.80. The van der Waals surface area contributed by atoms with Gasteiger partial charge in [0.15, 0.2) is 0 Å². The molecule has 0 bridgehead atoms. The van der Waals surface area contributed by atoms with Crippen LogP contribution in [0.4, 0.5) is 0 Å². The van der Waals surface area contributed by atoms with Crippen molar-refractivity contribution in [1.82, 2.24) is 10.2 Å². The van der Waals surface area contributed by atoms with E-state index in [4.69, 9.17) is 4.74 Å². The molecular formula is C16H23BrN2O. The van der Waals surface area contributed by atoms with Crippen LogP contribution >= 0.6 is 15.9 Å². The molecule has 1 heterocycles. The van der Waals surface area contributed by atoms with Gasteiger partial charge >= 0.3 is 0 Å². The van der Waals surface area contributed by atoms with Gasteiger partial charge in [-0.05, 0) is 36.6 Å². The number of methoxy groups -OCH3 is 1. The van der Waals surface area contributed by atoms with Gasteiger partial charge in [0.25, 0.3) is 0 Å². The Hall–Kier alpha value is -0.840. The third-order valence-corrected chi connectivity index (χ3v) is 4.52. The molecule has 0 aromatic heterocycles. The lowest BCUT2D eigenvalue weighted by molar-refractivity contribution is 0.165. The van der Waals surface area contributed by atoms with Crippen LogP contribution in [-0.4, -0.2) is 38.2 Å². The van der Waals surface area contributed by atoms with Crippen molar-refractivity contribution in [2.24, 2.45) is 0 Å². The van der Waals surface area contributed by atoms with Crippen LogP contribution in [0.2, 0.25) is 0 Å². The Morgan fingerprint density at radius 1 is 1.45 bits per heavy atom. The predicted octanol–water partition coefficient (Wildman–Crippen LogP) is 3.37. The summed E-state index contributed by atoms with van der Waals surface area (Å²) in [5, 5.41) is 3.42. The van der Waals surface area contributed by atoms with Crippen molar-refractivity contribution in [2.45, 2.75) is 18.9 Å². The van der Waals surface area contributed by atoms with Crippen molar-refractivity contribution >= 4 is 15.9 Å². The number of hydrogen-bond acceptors (Lipinski definition) is 3. The van der Waals surface area contributed by atoms with Gasteiger partial charge in [-0.2, -0.15) is 0 Å². The number of rotatable bonds is 6. The van der Waals surface area contributed by atoms with Gasteiger partial charge in [0.1, 0.15) is 5.75 Å². The minimum Gasteiger partial charge on any atom is -0.497 e. The van der Waals surface area contributed by atoms with E-state index < -0.39 is 0 Å². The van der Waals surface area contributed by atoms with E-state index in [2.05, 4.69) is 44.9 Å². The fraction of sp³-hybridized carbons (Fsp3) is 0.500. The zero-order valence-corrected chi connectivity index (χ0v) is 13.7. The number of halogens is 1. The molecule has 4 heteroatoms. The molecule has 0 amide bonds. The van der Waals surface area contributed by atoms with Gasteiger partial charge in [0, 0.05) is 36.7 Å². The standard InChI is InChI=1S/C16H23BrN2O/c1-3-4-5-16(19-10-8-18-9-11-19)14-12-13(20-2)6-7-15(14)17/h3,6-7,12,16,18H,1,4-5,8-11H2,2H3/t16-/m0/s1. The normalized spacial score (nSPS) is 17.7. The molecule has 110 valence electrons. The van der Waals surface area contributed by atoms with Crippen LogP contribution in [0.15, 0.2) is 35.3 Å². The summed E-state index contributed by atoms with van der Waals surface area (Å²) >= 11 is 3.70. The molecular weight excluding hydrogens is 316 g/mol. The number of piperazine rings is 1. The van der Waals surface area contributed by atoms with Gasteiger partial charge < -0.3 is 10.1 Å². The minimum absolute atomic E-state index is 0.416. The largest absolute Gasteiger partial charge is 0.497 e. The summed E-state index contributed by atoms with van der Waals surface area (Å²) in [5.74, 6) is 0.918. The lowest BCUT2D eigenvalue weighted by atomic mass is 9.99. The van der Waals surface area contributed by atoms with Gasteiger partial charge in [-0.3, -0.25) is 4.90 Å². The van der Waals surface area contributed by atoms with E-state index in [0.717, 1.165) is 49.2 Å². The molecule has 1 aliphatic rings. The summed E-state index contributed by atoms with van der Waals surface area (Å²) in [6, 6.07) is 6.65. The number of nitrogens with zero attached hydrogens (tertiary/aromatic N) is 1. The Morgan fingerprint density at radius 3 is 2.85 bits per heavy atom. The summed E-state index contributed by atoms with van der Waals surface area (Å²) in [6.45, 7) is 8.16. The van der Waals surface area contributed by atoms with Crippen LogP contribution in [0.25, 0.3) is 0 Å². The molecule has 0 saturated carbocycles. The van der Waals surface area contributed by atoms with Crippen LogP contribution in [0.1, 0.15) is 24.4 Å². The summed E-state index contributed by atoms with van der Waals surface area (Å²) < 4.78 is 6.54. The zero-order valence-electron chi connectivity index (χ0n) is 12.1. The van der Waals surface area contributed by atoms with E-state index in [1.54, 1.807) is 7.11 Å². The summed E-state index contributed by atoms with van der Waals surface area (Å²) in [7, 11) is 1.72. The first kappa shape index (κ1) is 15.5. The molecule has 1 N–H and O–H groups in total. The van der Waals surface area contributed by atoms with E-state index >= 15 is 0 Å². The molecule has 20 heavy (non-hydrogen) atoms. The molecule has 0 aliphatic carbocycles. The summed E-state index contributed by atoms with van der Waals surface area (Å²) in [4.78, 5) is 2.56. The molecule has 1 aliphatic heterocycles. The van der Waals surface area contributed by atoms with Gasteiger partial charge in [0.2, 0.25) is 0 Å². The van der Waals surface area contributed by atoms with Crippen molar-refractivity contribution in [3.8, 4) is 5.75 Å². The Kier molecular flexibility index (Phi) is 6.07. The Labute approximate surface area is 130 Å². The average Bonchev–Trinajstić information content (AvgIpc) is 2.50. The van der Waals surface area contributed by atoms with E-state index in [0.29, 0.717) is 6.04 Å². The lowest BCUT2D eigenvalue weighted by Crippen LogP contribution is -2.45. The maximum Gasteiger partial charge on any atom is 0.119 e. The first-order valence-corrected chi connectivity index (χ1v) is 7.94. The molecule has 1 aromatic rings. The van der Waals surface area contributed by atoms with Crippen molar-refractivity contribution < 1.29 is 4.74 Å². The first-order chi connectivity index (χ1) is 9.76. The van der Waals surface area contributed by atoms with Gasteiger partial charge in [0.05, 0.1) is 7.11 Å². The third kappa shape index (κ3) is 3.84. The maximum atomic E-state index is 5.38. The number of benzene rings is 1. The Morgan fingerprint density at radius 2 is 2.20 bits per heavy atom. The molecule has 1 atom stereocenters. The number of allylic oxidation sites excluding steroid dienone is 1. The van der Waals surface area contributed by atoms with Crippen LogP contribution in [0, 0.1) is 0 Å². The minimum atomic E-state index is 0.416. The fourth-order valence-corrected chi connectivity index (χ4v) is 3.22. The van der Waals surface area contributed by atoms with Gasteiger partial charge in [-0.1, -0.05) is 22.0 Å². The molecule has 1 saturated heterocycles. The first-order valence-electron chi connectivity index (χ1n) is 7.15. The van der Waals surface area contributed by atoms with Crippen molar-refractivity contribution in [3.63, 3.8) is 0 Å². The smallest absolute Gasteiger partial charge is 0.119 e. The second-order valence-corrected chi connectivity index (χ2v) is 5.91. The Bertz CT molecular complexity index is 444. The molecule has 1 fully saturated rings. The van der Waals surface area contributed by atoms with Crippen molar-refractivity contribution in [1.29, 1.82) is 0 Å². The highest BCUT2D eigenvalue weighted by atomic mass is 79.9. The topological polar surface area (TPSA) is 24.5 Å². The molecule has 3 nitrogen and oxygen atoms in total. The molecule has 2 rings (SSSR count). The second kappa shape index (κ2) is 7.81. The zero-order chi connectivity index (χ0) is 14.4. The Balaban J connectivity index is 2.26. The monoisotopic (exact) mass is 338 g/mol. The van der Waals surface area contributed by atoms with Crippen LogP contribution in [-0.2, 0) is 0 Å². The highest BCUT2D eigenvalue weighted by Crippen LogP contribution is 2.34. The number of hydrogen-bond donors (Lipinski definition) is 1. The molecule has 1 aromatic carbocycles. The van der Waals surface area contributed by atoms with E-state index in [9.17, 15) is 0 Å². The van der Waals surface area contributed by atoms with Crippen LogP contribution in [0.3, 0.4) is 0 Å². The van der Waals surface area contributed by atoms with E-state index in [1.165, 1.54) is 5.56 Å². The summed E-state index contributed by atoms with van der Waals surface area (Å²) in [5.41, 5.74) is 1.31. The SMILES string of the molecule is C=CCC[C@@H](c1cc(OC)ccc1Br)N1CCNCC1. The van der Waals surface area contributed by atoms with Crippen molar-refractivity contribution in [2.75, 3.05) is 33.3 Å². The average molecular weight is 339 g/mol. The molecule has 0 spiro atoms. The quantitative estimate of drug-likeness (QED) is 0.805. The van der Waals surface area contributed by atoms with Crippen LogP contribution < -0.4 is 10.1 Å². The predicted molar refractivity (Wildman–Crippen MR) is 87.3 cm³/mol. The van der Waals surface area contributed by atoms with Gasteiger partial charge in [-0.15, -0.1) is 6.58 Å². The lowest BCUT2D eigenvalue weighted by Gasteiger charge is -2.35. The van der Waals surface area contributed by atoms with Crippen LogP contribution in [0.5, 0.6) is 5.75 Å². The highest BCUT2D eigenvalue weighted by molar-refractivity contribution is 9.10. The van der Waals surface area contributed by atoms with Crippen molar-refractivity contribution in [3.05, 3.63) is 40.9 Å². The molecule has 0 radical (unpaired) electrons. The highest BCUT2D eigenvalue weighted by Gasteiger charge is 2.23. The second-order valence-electron chi connectivity index (χ2n) is 5.06. The van der Waals surface area contributed by atoms with E-state index in [1.807, 2.05) is 12.1 Å². The molecule has 0 unspecified atom stereocenters. The summed E-state index contributed by atoms with van der Waals surface area (Å²) in [6.07, 6.45) is 4.12. The van der Waals surface area contributed by atoms with E-state index in [-0.39, 0.29) is 0 Å². The number of ether oxygens (including phenoxy) is 1. The maximum absolute atomic E-state index is 5.38. The van der Waals surface area contributed by atoms with Gasteiger partial charge in [-0.25, -0.2) is 0 Å². The fourth-order valence-electron chi connectivity index (χ4n) is 2.71.